The molecular weight excluding hydrogens is 350 g/mol. The van der Waals surface area contributed by atoms with Crippen LogP contribution in [0.15, 0.2) is 17.3 Å². The molecule has 2 N–H and O–H groups in total. The molecule has 1 amide bonds. The number of nitrogens with zero attached hydrogens (tertiary/aromatic N) is 1. The van der Waals surface area contributed by atoms with Crippen molar-refractivity contribution in [1.29, 1.82) is 0 Å². The molecule has 1 heterocycles. The van der Waals surface area contributed by atoms with Crippen LogP contribution in [0.25, 0.3) is 0 Å². The van der Waals surface area contributed by atoms with Gasteiger partial charge in [-0.1, -0.05) is 5.16 Å². The molecule has 0 spiro atoms. The van der Waals surface area contributed by atoms with Crippen LogP contribution in [0.4, 0.5) is 32.0 Å². The summed E-state index contributed by atoms with van der Waals surface area (Å²) >= 11 is 0. The molecule has 128 valence electrons. The van der Waals surface area contributed by atoms with E-state index >= 15 is 0 Å². The Morgan fingerprint density at radius 3 is 1.96 bits per heavy atom. The molecule has 1 aliphatic rings. The third-order valence-corrected chi connectivity index (χ3v) is 2.98. The van der Waals surface area contributed by atoms with Gasteiger partial charge in [-0.05, 0) is 12.1 Å². The Morgan fingerprint density at radius 2 is 1.50 bits per heavy atom. The number of nitrogens with one attached hydrogen (secondary N) is 1. The van der Waals surface area contributed by atoms with Gasteiger partial charge in [-0.2, -0.15) is 26.3 Å². The quantitative estimate of drug-likeness (QED) is 0.323. The van der Waals surface area contributed by atoms with Crippen molar-refractivity contribution in [1.82, 2.24) is 0 Å². The fraction of sp³-hybridized carbons (Fsp3) is 0.167. The summed E-state index contributed by atoms with van der Waals surface area (Å²) in [5.41, 5.74) is -7.92. The smallest absolute Gasteiger partial charge is 0.410 e. The van der Waals surface area contributed by atoms with E-state index in [1.54, 1.807) is 0 Å². The van der Waals surface area contributed by atoms with Crippen molar-refractivity contribution >= 4 is 28.9 Å². The summed E-state index contributed by atoms with van der Waals surface area (Å²) < 4.78 is 77.3. The number of amides is 1. The van der Waals surface area contributed by atoms with Crippen LogP contribution in [0, 0.1) is 0 Å². The number of carbonyl (C=O) groups is 3. The molecule has 12 heteroatoms. The maximum Gasteiger partial charge on any atom is 0.417 e. The molecule has 0 atom stereocenters. The molecule has 6 nitrogen and oxygen atoms in total. The van der Waals surface area contributed by atoms with Crippen molar-refractivity contribution in [3.63, 3.8) is 0 Å². The van der Waals surface area contributed by atoms with E-state index < -0.39 is 57.9 Å². The first kappa shape index (κ1) is 17.4. The molecule has 1 aromatic carbocycles. The van der Waals surface area contributed by atoms with Crippen molar-refractivity contribution in [2.24, 2.45) is 5.16 Å². The number of oxime groups is 1. The highest BCUT2D eigenvalue weighted by Gasteiger charge is 2.45. The van der Waals surface area contributed by atoms with E-state index in [0.29, 0.717) is 0 Å². The largest absolute Gasteiger partial charge is 0.417 e. The number of fused-ring (bicyclic) bond motifs is 1. The fourth-order valence-electron chi connectivity index (χ4n) is 1.97. The number of rotatable bonds is 0. The number of halogens is 6. The van der Waals surface area contributed by atoms with Crippen LogP contribution in [0.2, 0.25) is 0 Å². The van der Waals surface area contributed by atoms with E-state index in [0.717, 1.165) is 0 Å². The SMILES string of the molecule is O=C1Nc2cc(C(F)(F)F)cc(C(F)(F)F)c2C(=O)C(=O)C1=NO. The van der Waals surface area contributed by atoms with Crippen LogP contribution in [0.3, 0.4) is 0 Å². The Kier molecular flexibility index (Phi) is 3.86. The Balaban J connectivity index is 2.87. The maximum absolute atomic E-state index is 13.0. The minimum atomic E-state index is -5.42. The monoisotopic (exact) mass is 354 g/mol. The summed E-state index contributed by atoms with van der Waals surface area (Å²) in [6, 6.07) is -0.273. The zero-order valence-corrected chi connectivity index (χ0v) is 11.0. The molecule has 0 aromatic heterocycles. The lowest BCUT2D eigenvalue weighted by atomic mass is 9.95. The van der Waals surface area contributed by atoms with Crippen molar-refractivity contribution in [3.8, 4) is 0 Å². The zero-order chi connectivity index (χ0) is 18.4. The van der Waals surface area contributed by atoms with E-state index in [1.807, 2.05) is 0 Å². The molecule has 0 unspecified atom stereocenters. The van der Waals surface area contributed by atoms with Crippen LogP contribution in [-0.4, -0.2) is 28.4 Å². The van der Waals surface area contributed by atoms with Gasteiger partial charge in [-0.15, -0.1) is 0 Å². The van der Waals surface area contributed by atoms with Crippen molar-refractivity contribution in [2.45, 2.75) is 12.4 Å². The third-order valence-electron chi connectivity index (χ3n) is 2.98. The number of hydrogen-bond donors (Lipinski definition) is 2. The fourth-order valence-corrected chi connectivity index (χ4v) is 1.97. The molecular formula is C12H4F6N2O4. The van der Waals surface area contributed by atoms with Gasteiger partial charge in [0.2, 0.25) is 11.5 Å². The molecule has 0 radical (unpaired) electrons. The van der Waals surface area contributed by atoms with Crippen LogP contribution in [-0.2, 0) is 21.9 Å². The lowest BCUT2D eigenvalue weighted by Gasteiger charge is -2.17. The lowest BCUT2D eigenvalue weighted by Crippen LogP contribution is -2.31. The number of alkyl halides is 6. The standard InChI is InChI=1S/C12H4F6N2O4/c13-11(14,15)3-1-4(12(16,17)18)6-5(2-3)19-10(23)7(20-24)9(22)8(6)21/h1-2,24H,(H,19,23). The predicted molar refractivity (Wildman–Crippen MR) is 63.6 cm³/mol. The average Bonchev–Trinajstić information content (AvgIpc) is 2.52. The molecule has 1 aromatic rings. The second-order valence-corrected chi connectivity index (χ2v) is 4.50. The summed E-state index contributed by atoms with van der Waals surface area (Å²) in [6.07, 6.45) is -10.6. The summed E-state index contributed by atoms with van der Waals surface area (Å²) in [4.78, 5) is 35.0. The van der Waals surface area contributed by atoms with Gasteiger partial charge in [-0.25, -0.2) is 0 Å². The molecule has 0 saturated heterocycles. The van der Waals surface area contributed by atoms with Crippen LogP contribution in [0.1, 0.15) is 21.5 Å². The van der Waals surface area contributed by atoms with Crippen LogP contribution >= 0.6 is 0 Å². The van der Waals surface area contributed by atoms with Gasteiger partial charge in [0.25, 0.3) is 11.7 Å². The number of hydrogen-bond acceptors (Lipinski definition) is 5. The summed E-state index contributed by atoms with van der Waals surface area (Å²) in [5, 5.41) is 12.3. The number of benzene rings is 1. The first-order chi connectivity index (χ1) is 10.9. The molecule has 0 bridgehead atoms. The topological polar surface area (TPSA) is 95.8 Å². The first-order valence-corrected chi connectivity index (χ1v) is 5.82. The van der Waals surface area contributed by atoms with Crippen LogP contribution in [0.5, 0.6) is 0 Å². The van der Waals surface area contributed by atoms with Crippen molar-refractivity contribution < 1.29 is 45.9 Å². The second kappa shape index (κ2) is 5.32. The predicted octanol–water partition coefficient (Wildman–Crippen LogP) is 2.26. The molecule has 1 aliphatic heterocycles. The summed E-state index contributed by atoms with van der Waals surface area (Å²) in [5.74, 6) is -5.45. The molecule has 2 rings (SSSR count). The molecule has 0 aliphatic carbocycles. The molecule has 0 fully saturated rings. The van der Waals surface area contributed by atoms with E-state index in [9.17, 15) is 40.7 Å². The van der Waals surface area contributed by atoms with Gasteiger partial charge in [0, 0.05) is 0 Å². The lowest BCUT2D eigenvalue weighted by molar-refractivity contribution is -0.143. The van der Waals surface area contributed by atoms with Gasteiger partial charge < -0.3 is 10.5 Å². The number of anilines is 1. The Labute approximate surface area is 127 Å². The zero-order valence-electron chi connectivity index (χ0n) is 11.0. The summed E-state index contributed by atoms with van der Waals surface area (Å²) in [6.45, 7) is 0. The van der Waals surface area contributed by atoms with E-state index in [1.165, 1.54) is 5.32 Å². The number of ketones is 2. The minimum absolute atomic E-state index is 0.0773. The van der Waals surface area contributed by atoms with E-state index in [4.69, 9.17) is 5.21 Å². The Bertz CT molecular complexity index is 794. The molecule has 0 saturated carbocycles. The summed E-state index contributed by atoms with van der Waals surface area (Å²) in [7, 11) is 0. The maximum atomic E-state index is 13.0. The number of carbonyl (C=O) groups excluding carboxylic acids is 3. The first-order valence-electron chi connectivity index (χ1n) is 5.82. The van der Waals surface area contributed by atoms with Crippen molar-refractivity contribution in [3.05, 3.63) is 28.8 Å². The highest BCUT2D eigenvalue weighted by molar-refractivity contribution is 6.83. The second-order valence-electron chi connectivity index (χ2n) is 4.50. The number of Topliss-reactive ketones (excluding diaryl/α,β-unsaturated/α-hetero) is 2. The highest BCUT2D eigenvalue weighted by Crippen LogP contribution is 2.41. The Hall–Kier alpha value is -2.92. The van der Waals surface area contributed by atoms with Gasteiger partial charge in [0.15, 0.2) is 0 Å². The van der Waals surface area contributed by atoms with E-state index in [-0.39, 0.29) is 12.1 Å². The van der Waals surface area contributed by atoms with Gasteiger partial charge in [0.05, 0.1) is 22.4 Å². The minimum Gasteiger partial charge on any atom is -0.410 e. The molecule has 24 heavy (non-hydrogen) atoms. The average molecular weight is 354 g/mol. The van der Waals surface area contributed by atoms with Gasteiger partial charge in [-0.3, -0.25) is 14.4 Å². The van der Waals surface area contributed by atoms with Gasteiger partial charge in [0.1, 0.15) is 0 Å². The van der Waals surface area contributed by atoms with Crippen LogP contribution < -0.4 is 5.32 Å². The Morgan fingerprint density at radius 1 is 0.917 bits per heavy atom. The third kappa shape index (κ3) is 2.81. The highest BCUT2D eigenvalue weighted by atomic mass is 19.4. The normalized spacial score (nSPS) is 17.6. The van der Waals surface area contributed by atoms with Crippen molar-refractivity contribution in [2.75, 3.05) is 5.32 Å². The van der Waals surface area contributed by atoms with Gasteiger partial charge >= 0.3 is 12.4 Å². The van der Waals surface area contributed by atoms with E-state index in [2.05, 4.69) is 5.16 Å².